The number of likely N-dealkylation sites (N-methyl/N-ethyl adjacent to an activating group) is 1. The van der Waals surface area contributed by atoms with Crippen molar-refractivity contribution in [3.63, 3.8) is 0 Å². The molecule has 0 N–H and O–H groups in total. The Bertz CT molecular complexity index is 1370. The van der Waals surface area contributed by atoms with Crippen molar-refractivity contribution in [1.82, 2.24) is 14.1 Å². The molecule has 2 aromatic carbocycles. The van der Waals surface area contributed by atoms with E-state index in [1.807, 2.05) is 13.0 Å². The standard InChI is InChI=1S/C32H46FN3O6S/c1-24-21-29(40-5)25(2)26(3)31(24)43(38,39)34(4)17-19-41-23-30(37)36-15-11-32(12-16-36,27-9-8-10-28(33)22-27)42-20-18-35-13-6-7-14-35/h8-10,21-22H,6-7,11-20,23H2,1-5H3. The third kappa shape index (κ3) is 7.75. The quantitative estimate of drug-likeness (QED) is 0.313. The van der Waals surface area contributed by atoms with Crippen LogP contribution in [0.2, 0.25) is 0 Å². The van der Waals surface area contributed by atoms with E-state index in [0.29, 0.717) is 49.4 Å². The van der Waals surface area contributed by atoms with Crippen molar-refractivity contribution in [2.45, 2.75) is 57.0 Å². The molecule has 0 radical (unpaired) electrons. The molecule has 9 nitrogen and oxygen atoms in total. The predicted octanol–water partition coefficient (Wildman–Crippen LogP) is 4.03. The van der Waals surface area contributed by atoms with Gasteiger partial charge in [0.25, 0.3) is 0 Å². The molecule has 4 rings (SSSR count). The second-order valence-corrected chi connectivity index (χ2v) is 13.6. The molecule has 11 heteroatoms. The lowest BCUT2D eigenvalue weighted by Gasteiger charge is -2.42. The van der Waals surface area contributed by atoms with Crippen LogP contribution in [-0.4, -0.2) is 102 Å². The van der Waals surface area contributed by atoms with Crippen LogP contribution in [-0.2, 0) is 29.9 Å². The molecule has 0 saturated carbocycles. The summed E-state index contributed by atoms with van der Waals surface area (Å²) in [4.78, 5) is 17.4. The first kappa shape index (κ1) is 33.3. The summed E-state index contributed by atoms with van der Waals surface area (Å²) in [5, 5.41) is 0. The molecule has 0 unspecified atom stereocenters. The van der Waals surface area contributed by atoms with Gasteiger partial charge in [-0.3, -0.25) is 4.79 Å². The maximum atomic E-state index is 14.2. The molecule has 43 heavy (non-hydrogen) atoms. The monoisotopic (exact) mass is 619 g/mol. The average molecular weight is 620 g/mol. The van der Waals surface area contributed by atoms with Crippen LogP contribution < -0.4 is 4.74 Å². The Morgan fingerprint density at radius 2 is 1.72 bits per heavy atom. The minimum Gasteiger partial charge on any atom is -0.496 e. The van der Waals surface area contributed by atoms with Crippen LogP contribution in [0.1, 0.15) is 47.9 Å². The molecular weight excluding hydrogens is 573 g/mol. The Balaban J connectivity index is 1.29. The molecule has 0 bridgehead atoms. The van der Waals surface area contributed by atoms with Gasteiger partial charge in [0.1, 0.15) is 18.2 Å². The third-order valence-electron chi connectivity index (χ3n) is 8.90. The summed E-state index contributed by atoms with van der Waals surface area (Å²) in [5.41, 5.74) is 2.20. The number of likely N-dealkylation sites (tertiary alicyclic amines) is 2. The number of hydrogen-bond donors (Lipinski definition) is 0. The molecule has 2 aliphatic rings. The topological polar surface area (TPSA) is 88.6 Å². The second-order valence-electron chi connectivity index (χ2n) is 11.6. The molecule has 2 aliphatic heterocycles. The van der Waals surface area contributed by atoms with Crippen molar-refractivity contribution >= 4 is 15.9 Å². The van der Waals surface area contributed by atoms with E-state index in [1.165, 1.54) is 36.3 Å². The minimum absolute atomic E-state index is 0.0788. The molecule has 2 aromatic rings. The van der Waals surface area contributed by atoms with Gasteiger partial charge in [-0.25, -0.2) is 12.8 Å². The number of piperidine rings is 1. The summed E-state index contributed by atoms with van der Waals surface area (Å²) in [6.45, 7) is 9.91. The van der Waals surface area contributed by atoms with E-state index in [-0.39, 0.29) is 36.4 Å². The van der Waals surface area contributed by atoms with Gasteiger partial charge in [-0.05, 0) is 100.0 Å². The van der Waals surface area contributed by atoms with Gasteiger partial charge in [0.15, 0.2) is 0 Å². The van der Waals surface area contributed by atoms with Crippen LogP contribution in [0.5, 0.6) is 5.75 Å². The molecular formula is C32H46FN3O6S. The Morgan fingerprint density at radius 1 is 1.02 bits per heavy atom. The van der Waals surface area contributed by atoms with Crippen LogP contribution >= 0.6 is 0 Å². The average Bonchev–Trinajstić information content (AvgIpc) is 3.50. The number of benzene rings is 2. The Morgan fingerprint density at radius 3 is 2.37 bits per heavy atom. The van der Waals surface area contributed by atoms with E-state index in [9.17, 15) is 17.6 Å². The zero-order valence-corrected chi connectivity index (χ0v) is 27.0. The maximum Gasteiger partial charge on any atom is 0.248 e. The molecule has 0 aromatic heterocycles. The van der Waals surface area contributed by atoms with Gasteiger partial charge < -0.3 is 24.0 Å². The normalized spacial score (nSPS) is 17.5. The van der Waals surface area contributed by atoms with E-state index >= 15 is 0 Å². The van der Waals surface area contributed by atoms with Crippen molar-refractivity contribution in [2.75, 3.05) is 73.2 Å². The lowest BCUT2D eigenvalue weighted by molar-refractivity contribution is -0.144. The summed E-state index contributed by atoms with van der Waals surface area (Å²) >= 11 is 0. The van der Waals surface area contributed by atoms with Crippen molar-refractivity contribution in [3.05, 3.63) is 58.4 Å². The molecule has 0 atom stereocenters. The van der Waals surface area contributed by atoms with E-state index in [0.717, 1.165) is 30.8 Å². The summed E-state index contributed by atoms with van der Waals surface area (Å²) in [6, 6.07) is 8.31. The number of amides is 1. The van der Waals surface area contributed by atoms with Gasteiger partial charge in [-0.15, -0.1) is 0 Å². The molecule has 2 fully saturated rings. The summed E-state index contributed by atoms with van der Waals surface area (Å²) in [6.07, 6.45) is 3.54. The number of nitrogens with zero attached hydrogens (tertiary/aromatic N) is 3. The fourth-order valence-corrected chi connectivity index (χ4v) is 7.76. The second kappa shape index (κ2) is 14.5. The number of carbonyl (C=O) groups is 1. The molecule has 0 aliphatic carbocycles. The Labute approximate surface area is 255 Å². The number of hydrogen-bond acceptors (Lipinski definition) is 7. The fourth-order valence-electron chi connectivity index (χ4n) is 6.13. The zero-order valence-electron chi connectivity index (χ0n) is 26.2. The largest absolute Gasteiger partial charge is 0.496 e. The van der Waals surface area contributed by atoms with Gasteiger partial charge in [-0.1, -0.05) is 12.1 Å². The SMILES string of the molecule is COc1cc(C)c(S(=O)(=O)N(C)CCOCC(=O)N2CCC(OCCN3CCCC3)(c3cccc(F)c3)CC2)c(C)c1C. The Hall–Kier alpha value is -2.57. The van der Waals surface area contributed by atoms with Crippen LogP contribution in [0.25, 0.3) is 0 Å². The van der Waals surface area contributed by atoms with Crippen LogP contribution in [0.4, 0.5) is 4.39 Å². The number of aryl methyl sites for hydroxylation is 1. The first-order valence-electron chi connectivity index (χ1n) is 15.1. The molecule has 0 spiro atoms. The van der Waals surface area contributed by atoms with E-state index in [4.69, 9.17) is 14.2 Å². The van der Waals surface area contributed by atoms with E-state index < -0.39 is 15.6 Å². The molecule has 238 valence electrons. The van der Waals surface area contributed by atoms with Crippen molar-refractivity contribution in [2.24, 2.45) is 0 Å². The van der Waals surface area contributed by atoms with Crippen LogP contribution in [0.15, 0.2) is 35.2 Å². The third-order valence-corrected chi connectivity index (χ3v) is 11.0. The maximum absolute atomic E-state index is 14.2. The highest BCUT2D eigenvalue weighted by Crippen LogP contribution is 2.37. The number of halogens is 1. The van der Waals surface area contributed by atoms with Gasteiger partial charge in [0, 0.05) is 33.2 Å². The summed E-state index contributed by atoms with van der Waals surface area (Å²) < 4.78 is 59.7. The number of rotatable bonds is 13. The number of ether oxygens (including phenoxy) is 3. The number of sulfonamides is 1. The van der Waals surface area contributed by atoms with E-state index in [1.54, 1.807) is 38.0 Å². The lowest BCUT2D eigenvalue weighted by Crippen LogP contribution is -2.48. The van der Waals surface area contributed by atoms with Crippen molar-refractivity contribution in [1.29, 1.82) is 0 Å². The molecule has 2 heterocycles. The first-order chi connectivity index (χ1) is 20.5. The minimum atomic E-state index is -3.77. The molecule has 1 amide bonds. The number of carbonyl (C=O) groups excluding carboxylic acids is 1. The highest BCUT2D eigenvalue weighted by atomic mass is 32.2. The van der Waals surface area contributed by atoms with Gasteiger partial charge in [-0.2, -0.15) is 4.31 Å². The highest BCUT2D eigenvalue weighted by Gasteiger charge is 2.39. The van der Waals surface area contributed by atoms with Gasteiger partial charge in [0.05, 0.1) is 30.8 Å². The number of methoxy groups -OCH3 is 1. The zero-order chi connectivity index (χ0) is 31.2. The summed E-state index contributed by atoms with van der Waals surface area (Å²) in [5.74, 6) is 0.192. The van der Waals surface area contributed by atoms with Crippen LogP contribution in [0, 0.1) is 26.6 Å². The van der Waals surface area contributed by atoms with Crippen molar-refractivity contribution < 1.29 is 31.8 Å². The van der Waals surface area contributed by atoms with Crippen molar-refractivity contribution in [3.8, 4) is 5.75 Å². The molecule has 2 saturated heterocycles. The summed E-state index contributed by atoms with van der Waals surface area (Å²) in [7, 11) is -0.688. The fraction of sp³-hybridized carbons (Fsp3) is 0.594. The smallest absolute Gasteiger partial charge is 0.248 e. The lowest BCUT2D eigenvalue weighted by atomic mass is 9.84. The van der Waals surface area contributed by atoms with Gasteiger partial charge >= 0.3 is 0 Å². The van der Waals surface area contributed by atoms with E-state index in [2.05, 4.69) is 4.90 Å². The van der Waals surface area contributed by atoms with Gasteiger partial charge in [0.2, 0.25) is 15.9 Å². The van der Waals surface area contributed by atoms with Crippen LogP contribution in [0.3, 0.4) is 0 Å². The Kier molecular flexibility index (Phi) is 11.2. The predicted molar refractivity (Wildman–Crippen MR) is 163 cm³/mol. The first-order valence-corrected chi connectivity index (χ1v) is 16.5. The highest BCUT2D eigenvalue weighted by molar-refractivity contribution is 7.89.